The van der Waals surface area contributed by atoms with Crippen molar-refractivity contribution in [2.24, 2.45) is 0 Å². The standard InChI is InChI=1S/C18H19ClFN5O/c1-13-16(18(26)22-7-2-9-24-10-8-21-12-24)17(19)25(23-13)11-14-3-5-15(20)6-4-14/h3-6,8,10,12H,2,7,9,11H2,1H3,(H,22,26). The van der Waals surface area contributed by atoms with Gasteiger partial charge in [0.05, 0.1) is 24.1 Å². The molecular formula is C18H19ClFN5O. The third-order valence-corrected chi connectivity index (χ3v) is 4.36. The number of rotatable bonds is 7. The second kappa shape index (κ2) is 8.14. The molecule has 0 spiro atoms. The van der Waals surface area contributed by atoms with Crippen molar-refractivity contribution in [1.82, 2.24) is 24.6 Å². The number of imidazole rings is 1. The molecular weight excluding hydrogens is 357 g/mol. The Labute approximate surface area is 155 Å². The lowest BCUT2D eigenvalue weighted by Gasteiger charge is -2.06. The van der Waals surface area contributed by atoms with Crippen molar-refractivity contribution in [2.45, 2.75) is 26.4 Å². The number of halogens is 2. The number of nitrogens with zero attached hydrogens (tertiary/aromatic N) is 4. The van der Waals surface area contributed by atoms with Gasteiger partial charge in [0, 0.05) is 25.5 Å². The smallest absolute Gasteiger partial charge is 0.256 e. The van der Waals surface area contributed by atoms with Crippen LogP contribution in [0.5, 0.6) is 0 Å². The fourth-order valence-corrected chi connectivity index (χ4v) is 2.97. The van der Waals surface area contributed by atoms with Crippen LogP contribution in [0.15, 0.2) is 43.0 Å². The lowest BCUT2D eigenvalue weighted by molar-refractivity contribution is 0.0952. The Balaban J connectivity index is 1.61. The maximum atomic E-state index is 13.0. The molecule has 1 amide bonds. The molecule has 2 aromatic heterocycles. The van der Waals surface area contributed by atoms with Gasteiger partial charge in [-0.1, -0.05) is 23.7 Å². The van der Waals surface area contributed by atoms with E-state index >= 15 is 0 Å². The van der Waals surface area contributed by atoms with Crippen molar-refractivity contribution in [2.75, 3.05) is 6.54 Å². The normalized spacial score (nSPS) is 10.9. The second-order valence-electron chi connectivity index (χ2n) is 5.95. The summed E-state index contributed by atoms with van der Waals surface area (Å²) in [5, 5.41) is 7.48. The van der Waals surface area contributed by atoms with E-state index in [1.54, 1.807) is 36.3 Å². The molecule has 0 aliphatic heterocycles. The molecule has 0 aliphatic rings. The molecule has 3 rings (SSSR count). The lowest BCUT2D eigenvalue weighted by Crippen LogP contribution is -2.25. The van der Waals surface area contributed by atoms with Gasteiger partial charge in [0.2, 0.25) is 0 Å². The first-order chi connectivity index (χ1) is 12.5. The highest BCUT2D eigenvalue weighted by Gasteiger charge is 2.20. The van der Waals surface area contributed by atoms with Gasteiger partial charge < -0.3 is 9.88 Å². The summed E-state index contributed by atoms with van der Waals surface area (Å²) < 4.78 is 16.5. The number of aromatic nitrogens is 4. The van der Waals surface area contributed by atoms with Gasteiger partial charge in [-0.3, -0.25) is 4.79 Å². The largest absolute Gasteiger partial charge is 0.352 e. The van der Waals surface area contributed by atoms with Crippen molar-refractivity contribution in [3.8, 4) is 0 Å². The summed E-state index contributed by atoms with van der Waals surface area (Å²) in [6.45, 7) is 3.41. The number of carbonyl (C=O) groups excluding carboxylic acids is 1. The molecule has 1 aromatic carbocycles. The molecule has 0 fully saturated rings. The highest BCUT2D eigenvalue weighted by molar-refractivity contribution is 6.33. The molecule has 26 heavy (non-hydrogen) atoms. The SMILES string of the molecule is Cc1nn(Cc2ccc(F)cc2)c(Cl)c1C(=O)NCCCn1ccnc1. The van der Waals surface area contributed by atoms with E-state index in [-0.39, 0.29) is 16.9 Å². The van der Waals surface area contributed by atoms with Gasteiger partial charge in [0.25, 0.3) is 5.91 Å². The van der Waals surface area contributed by atoms with Crippen molar-refractivity contribution in [3.05, 3.63) is 70.8 Å². The molecule has 0 atom stereocenters. The van der Waals surface area contributed by atoms with E-state index in [1.165, 1.54) is 12.1 Å². The minimum atomic E-state index is -0.299. The highest BCUT2D eigenvalue weighted by atomic mass is 35.5. The van der Waals surface area contributed by atoms with Crippen LogP contribution in [0.2, 0.25) is 5.15 Å². The molecule has 0 saturated heterocycles. The minimum absolute atomic E-state index is 0.247. The first kappa shape index (κ1) is 18.1. The Morgan fingerprint density at radius 2 is 2.08 bits per heavy atom. The summed E-state index contributed by atoms with van der Waals surface area (Å²) in [7, 11) is 0. The summed E-state index contributed by atoms with van der Waals surface area (Å²) in [5.41, 5.74) is 1.78. The molecule has 136 valence electrons. The molecule has 0 unspecified atom stereocenters. The summed E-state index contributed by atoms with van der Waals surface area (Å²) in [6.07, 6.45) is 6.12. The average Bonchev–Trinajstić information content (AvgIpc) is 3.22. The van der Waals surface area contributed by atoms with Gasteiger partial charge >= 0.3 is 0 Å². The van der Waals surface area contributed by atoms with Gasteiger partial charge in [0.1, 0.15) is 11.0 Å². The first-order valence-corrected chi connectivity index (χ1v) is 8.63. The van der Waals surface area contributed by atoms with Gasteiger partial charge in [0.15, 0.2) is 0 Å². The molecule has 2 heterocycles. The topological polar surface area (TPSA) is 64.7 Å². The zero-order valence-electron chi connectivity index (χ0n) is 14.3. The van der Waals surface area contributed by atoms with Crippen LogP contribution in [0, 0.1) is 12.7 Å². The molecule has 0 radical (unpaired) electrons. The zero-order valence-corrected chi connectivity index (χ0v) is 15.1. The minimum Gasteiger partial charge on any atom is -0.352 e. The number of benzene rings is 1. The van der Waals surface area contributed by atoms with Crippen molar-refractivity contribution < 1.29 is 9.18 Å². The predicted octanol–water partition coefficient (Wildman–Crippen LogP) is 3.05. The van der Waals surface area contributed by atoms with E-state index in [0.29, 0.717) is 24.3 Å². The molecule has 1 N–H and O–H groups in total. The van der Waals surface area contributed by atoms with Crippen LogP contribution >= 0.6 is 11.6 Å². The van der Waals surface area contributed by atoms with Crippen LogP contribution in [0.1, 0.15) is 28.0 Å². The van der Waals surface area contributed by atoms with Gasteiger partial charge in [-0.25, -0.2) is 14.1 Å². The number of carbonyl (C=O) groups is 1. The zero-order chi connectivity index (χ0) is 18.5. The molecule has 6 nitrogen and oxygen atoms in total. The quantitative estimate of drug-likeness (QED) is 0.645. The summed E-state index contributed by atoms with van der Waals surface area (Å²) in [6, 6.07) is 6.10. The Morgan fingerprint density at radius 3 is 2.77 bits per heavy atom. The summed E-state index contributed by atoms with van der Waals surface area (Å²) in [5.74, 6) is -0.546. The highest BCUT2D eigenvalue weighted by Crippen LogP contribution is 2.21. The Hall–Kier alpha value is -2.67. The van der Waals surface area contributed by atoms with Crippen molar-refractivity contribution in [1.29, 1.82) is 0 Å². The van der Waals surface area contributed by atoms with E-state index in [0.717, 1.165) is 18.5 Å². The monoisotopic (exact) mass is 375 g/mol. The van der Waals surface area contributed by atoms with Crippen LogP contribution in [0.4, 0.5) is 4.39 Å². The van der Waals surface area contributed by atoms with E-state index in [1.807, 2.05) is 10.8 Å². The number of aryl methyl sites for hydroxylation is 2. The molecule has 0 aliphatic carbocycles. The maximum absolute atomic E-state index is 13.0. The molecule has 3 aromatic rings. The molecule has 0 saturated carbocycles. The third kappa shape index (κ3) is 4.29. The Kier molecular flexibility index (Phi) is 5.68. The van der Waals surface area contributed by atoms with Crippen molar-refractivity contribution in [3.63, 3.8) is 0 Å². The first-order valence-electron chi connectivity index (χ1n) is 8.26. The van der Waals surface area contributed by atoms with Gasteiger partial charge in [-0.15, -0.1) is 0 Å². The number of nitrogens with one attached hydrogen (secondary N) is 1. The fraction of sp³-hybridized carbons (Fsp3) is 0.278. The molecule has 8 heteroatoms. The van der Waals surface area contributed by atoms with Crippen LogP contribution in [0.3, 0.4) is 0 Å². The Morgan fingerprint density at radius 1 is 1.31 bits per heavy atom. The van der Waals surface area contributed by atoms with Gasteiger partial charge in [-0.2, -0.15) is 5.10 Å². The lowest BCUT2D eigenvalue weighted by atomic mass is 10.2. The number of hydrogen-bond acceptors (Lipinski definition) is 3. The number of amides is 1. The van der Waals surface area contributed by atoms with Crippen LogP contribution < -0.4 is 5.32 Å². The fourth-order valence-electron chi connectivity index (χ4n) is 2.65. The second-order valence-corrected chi connectivity index (χ2v) is 6.30. The van der Waals surface area contributed by atoms with E-state index in [2.05, 4.69) is 15.4 Å². The summed E-state index contributed by atoms with van der Waals surface area (Å²) in [4.78, 5) is 16.4. The van der Waals surface area contributed by atoms with Crippen LogP contribution in [-0.2, 0) is 13.1 Å². The van der Waals surface area contributed by atoms with Crippen LogP contribution in [-0.4, -0.2) is 31.8 Å². The Bertz CT molecular complexity index is 874. The van der Waals surface area contributed by atoms with E-state index in [9.17, 15) is 9.18 Å². The molecule has 0 bridgehead atoms. The third-order valence-electron chi connectivity index (χ3n) is 3.98. The van der Waals surface area contributed by atoms with Crippen LogP contribution in [0.25, 0.3) is 0 Å². The predicted molar refractivity (Wildman–Crippen MR) is 96.7 cm³/mol. The van der Waals surface area contributed by atoms with E-state index in [4.69, 9.17) is 11.6 Å². The van der Waals surface area contributed by atoms with Crippen molar-refractivity contribution >= 4 is 17.5 Å². The average molecular weight is 376 g/mol. The van der Waals surface area contributed by atoms with Gasteiger partial charge in [-0.05, 0) is 31.0 Å². The maximum Gasteiger partial charge on any atom is 0.256 e. The summed E-state index contributed by atoms with van der Waals surface area (Å²) >= 11 is 6.35. The number of hydrogen-bond donors (Lipinski definition) is 1. The van der Waals surface area contributed by atoms with E-state index < -0.39 is 0 Å².